The van der Waals surface area contributed by atoms with Gasteiger partial charge in [0.2, 0.25) is 10.0 Å². The van der Waals surface area contributed by atoms with E-state index < -0.39 is 22.2 Å². The highest BCUT2D eigenvalue weighted by atomic mass is 32.2. The number of likely N-dealkylation sites (N-methyl/N-ethyl adjacent to an activating group) is 1. The van der Waals surface area contributed by atoms with E-state index in [1.165, 1.54) is 35.6 Å². The third-order valence-corrected chi connectivity index (χ3v) is 10.2. The minimum atomic E-state index is -3.88. The summed E-state index contributed by atoms with van der Waals surface area (Å²) in [5.74, 6) is -0.504. The highest BCUT2D eigenvalue weighted by Gasteiger charge is 2.34. The molecule has 0 spiro atoms. The maximum atomic E-state index is 14.5. The number of fused-ring (bicyclic) bond motifs is 5. The number of benzene rings is 3. The molecule has 0 saturated heterocycles. The summed E-state index contributed by atoms with van der Waals surface area (Å²) in [6.07, 6.45) is -0.578. The van der Waals surface area contributed by atoms with Gasteiger partial charge in [0.1, 0.15) is 5.69 Å². The Hall–Kier alpha value is -4.01. The van der Waals surface area contributed by atoms with Crippen LogP contribution in [0.4, 0.5) is 0 Å². The van der Waals surface area contributed by atoms with Gasteiger partial charge in [0.15, 0.2) is 0 Å². The lowest BCUT2D eigenvalue weighted by molar-refractivity contribution is -0.0147. The zero-order chi connectivity index (χ0) is 30.9. The topological polar surface area (TPSA) is 116 Å². The summed E-state index contributed by atoms with van der Waals surface area (Å²) in [5, 5.41) is 20.2. The Morgan fingerprint density at radius 3 is 2.47 bits per heavy atom. The largest absolute Gasteiger partial charge is 0.394 e. The summed E-state index contributed by atoms with van der Waals surface area (Å²) < 4.78 is 36.6. The molecule has 1 N–H and O–H groups in total. The van der Waals surface area contributed by atoms with E-state index in [4.69, 9.17) is 10.00 Å². The first-order valence-electron chi connectivity index (χ1n) is 14.2. The first-order chi connectivity index (χ1) is 20.6. The molecule has 1 aliphatic rings. The zero-order valence-corrected chi connectivity index (χ0v) is 25.6. The summed E-state index contributed by atoms with van der Waals surface area (Å²) in [7, 11) is -0.494. The van der Waals surface area contributed by atoms with Crippen molar-refractivity contribution < 1.29 is 23.1 Å². The van der Waals surface area contributed by atoms with Crippen molar-refractivity contribution in [3.05, 3.63) is 89.6 Å². The molecule has 43 heavy (non-hydrogen) atoms. The average molecular weight is 601 g/mol. The number of hydrogen-bond donors (Lipinski definition) is 1. The number of rotatable bonds is 6. The fourth-order valence-electron chi connectivity index (χ4n) is 5.76. The SMILES string of the molecule is C[C@H]1CN([C@@H](C)CO)C(=O)c2c(c3ccccc3n2C)-c2ccccc2CO[C@@H]1CN(C)S(=O)(=O)c1ccc(C#N)cc1. The zero-order valence-electron chi connectivity index (χ0n) is 24.8. The van der Waals surface area contributed by atoms with Gasteiger partial charge < -0.3 is 19.3 Å². The number of aryl methyl sites for hydroxylation is 1. The quantitative estimate of drug-likeness (QED) is 0.351. The highest BCUT2D eigenvalue weighted by Crippen LogP contribution is 2.38. The number of aliphatic hydroxyl groups is 1. The number of sulfonamides is 1. The molecule has 0 radical (unpaired) electrons. The third-order valence-electron chi connectivity index (χ3n) is 8.35. The Morgan fingerprint density at radius 1 is 1.09 bits per heavy atom. The number of nitriles is 1. The van der Waals surface area contributed by atoms with Crippen LogP contribution in [0.25, 0.3) is 22.0 Å². The fourth-order valence-corrected chi connectivity index (χ4v) is 6.94. The molecule has 5 rings (SSSR count). The molecule has 224 valence electrons. The lowest BCUT2D eigenvalue weighted by Crippen LogP contribution is -2.48. The Morgan fingerprint density at radius 2 is 1.77 bits per heavy atom. The Bertz CT molecular complexity index is 1790. The molecule has 9 nitrogen and oxygen atoms in total. The summed E-state index contributed by atoms with van der Waals surface area (Å²) in [6.45, 7) is 4.00. The second-order valence-electron chi connectivity index (χ2n) is 11.2. The summed E-state index contributed by atoms with van der Waals surface area (Å²) in [5.41, 5.74) is 4.38. The number of carbonyl (C=O) groups excluding carboxylic acids is 1. The molecule has 1 aliphatic heterocycles. The first-order valence-corrected chi connectivity index (χ1v) is 15.7. The standard InChI is InChI=1S/C33H36N4O5S/c1-22-18-37(23(2)20-38)33(39)32-31(28-11-7-8-12-29(28)36(32)4)27-10-6-5-9-25(27)21-42-30(22)19-35(3)43(40,41)26-15-13-24(17-34)14-16-26/h5-16,22-23,30,38H,18-21H2,1-4H3/t22-,23-,30+/m0/s1. The molecule has 0 unspecified atom stereocenters. The molecule has 0 aliphatic carbocycles. The van der Waals surface area contributed by atoms with Crippen molar-refractivity contribution in [2.24, 2.45) is 13.0 Å². The minimum absolute atomic E-state index is 0.0388. The van der Waals surface area contributed by atoms with E-state index in [0.717, 1.165) is 27.6 Å². The van der Waals surface area contributed by atoms with Gasteiger partial charge in [0.05, 0.1) is 41.9 Å². The average Bonchev–Trinajstić information content (AvgIpc) is 3.31. The van der Waals surface area contributed by atoms with Crippen LogP contribution in [0.2, 0.25) is 0 Å². The second kappa shape index (κ2) is 12.3. The molecular formula is C33H36N4O5S. The minimum Gasteiger partial charge on any atom is -0.394 e. The van der Waals surface area contributed by atoms with Crippen molar-refractivity contribution in [1.29, 1.82) is 5.26 Å². The van der Waals surface area contributed by atoms with Gasteiger partial charge in [0.25, 0.3) is 5.91 Å². The van der Waals surface area contributed by atoms with Crippen LogP contribution in [0.3, 0.4) is 0 Å². The fraction of sp³-hybridized carbons (Fsp3) is 0.333. The van der Waals surface area contributed by atoms with E-state index in [1.807, 2.05) is 73.1 Å². The molecule has 1 aromatic heterocycles. The van der Waals surface area contributed by atoms with Crippen LogP contribution in [-0.2, 0) is 28.4 Å². The second-order valence-corrected chi connectivity index (χ2v) is 13.2. The number of aromatic nitrogens is 1. The van der Waals surface area contributed by atoms with Crippen molar-refractivity contribution in [2.45, 2.75) is 37.5 Å². The molecule has 3 atom stereocenters. The van der Waals surface area contributed by atoms with Gasteiger partial charge in [-0.25, -0.2) is 8.42 Å². The molecule has 0 bridgehead atoms. The first kappa shape index (κ1) is 30.4. The predicted molar refractivity (Wildman–Crippen MR) is 165 cm³/mol. The van der Waals surface area contributed by atoms with Crippen LogP contribution >= 0.6 is 0 Å². The number of para-hydroxylation sites is 1. The van der Waals surface area contributed by atoms with E-state index in [-0.39, 0.29) is 43.0 Å². The Balaban J connectivity index is 1.59. The number of hydrogen-bond acceptors (Lipinski definition) is 6. The van der Waals surface area contributed by atoms with Gasteiger partial charge in [-0.3, -0.25) is 4.79 Å². The van der Waals surface area contributed by atoms with Crippen molar-refractivity contribution in [3.63, 3.8) is 0 Å². The van der Waals surface area contributed by atoms with Crippen molar-refractivity contribution in [1.82, 2.24) is 13.8 Å². The highest BCUT2D eigenvalue weighted by molar-refractivity contribution is 7.89. The number of carbonyl (C=O) groups is 1. The van der Waals surface area contributed by atoms with Crippen LogP contribution in [0.1, 0.15) is 35.5 Å². The number of nitrogens with zero attached hydrogens (tertiary/aromatic N) is 4. The van der Waals surface area contributed by atoms with Gasteiger partial charge >= 0.3 is 0 Å². The number of ether oxygens (including phenoxy) is 1. The maximum Gasteiger partial charge on any atom is 0.271 e. The molecular weight excluding hydrogens is 564 g/mol. The number of amides is 1. The predicted octanol–water partition coefficient (Wildman–Crippen LogP) is 4.40. The Kier molecular flexibility index (Phi) is 8.71. The van der Waals surface area contributed by atoms with Crippen molar-refractivity contribution in [3.8, 4) is 17.2 Å². The maximum absolute atomic E-state index is 14.5. The van der Waals surface area contributed by atoms with Crippen LogP contribution < -0.4 is 0 Å². The van der Waals surface area contributed by atoms with Gasteiger partial charge in [-0.2, -0.15) is 9.57 Å². The molecule has 4 aromatic rings. The Labute approximate surface area is 252 Å². The van der Waals surface area contributed by atoms with Crippen LogP contribution in [0, 0.1) is 17.2 Å². The summed E-state index contributed by atoms with van der Waals surface area (Å²) >= 11 is 0. The molecule has 10 heteroatoms. The van der Waals surface area contributed by atoms with Gasteiger partial charge in [-0.1, -0.05) is 49.4 Å². The number of aliphatic hydroxyl groups excluding tert-OH is 1. The monoisotopic (exact) mass is 600 g/mol. The van der Waals surface area contributed by atoms with E-state index in [9.17, 15) is 18.3 Å². The van der Waals surface area contributed by atoms with Crippen molar-refractivity contribution >= 4 is 26.8 Å². The summed E-state index contributed by atoms with van der Waals surface area (Å²) in [4.78, 5) is 16.2. The van der Waals surface area contributed by atoms with Crippen LogP contribution in [0.15, 0.2) is 77.7 Å². The van der Waals surface area contributed by atoms with Gasteiger partial charge in [-0.05, 0) is 48.4 Å². The van der Waals surface area contributed by atoms with Crippen molar-refractivity contribution in [2.75, 3.05) is 26.7 Å². The lowest BCUT2D eigenvalue weighted by atomic mass is 9.96. The van der Waals surface area contributed by atoms with Crippen LogP contribution in [-0.4, -0.2) is 72.1 Å². The summed E-state index contributed by atoms with van der Waals surface area (Å²) in [6, 6.07) is 23.0. The van der Waals surface area contributed by atoms with E-state index in [1.54, 1.807) is 11.8 Å². The van der Waals surface area contributed by atoms with E-state index in [0.29, 0.717) is 11.3 Å². The van der Waals surface area contributed by atoms with Gasteiger partial charge in [0, 0.05) is 49.6 Å². The third kappa shape index (κ3) is 5.69. The lowest BCUT2D eigenvalue weighted by Gasteiger charge is -2.35. The molecule has 2 heterocycles. The normalized spacial score (nSPS) is 18.5. The van der Waals surface area contributed by atoms with E-state index >= 15 is 0 Å². The van der Waals surface area contributed by atoms with Gasteiger partial charge in [-0.15, -0.1) is 0 Å². The molecule has 0 fully saturated rings. The van der Waals surface area contributed by atoms with E-state index in [2.05, 4.69) is 0 Å². The molecule has 1 amide bonds. The molecule has 3 aromatic carbocycles. The smallest absolute Gasteiger partial charge is 0.271 e. The van der Waals surface area contributed by atoms with Crippen LogP contribution in [0.5, 0.6) is 0 Å². The molecule has 0 saturated carbocycles.